The first-order valence-electron chi connectivity index (χ1n) is 5.12. The zero-order valence-corrected chi connectivity index (χ0v) is 8.22. The lowest BCUT2D eigenvalue weighted by molar-refractivity contribution is 0.102. The average molecular weight is 189 g/mol. The number of hydrogen-bond donors (Lipinski definition) is 0. The van der Waals surface area contributed by atoms with Gasteiger partial charge in [0.25, 0.3) is 0 Å². The smallest absolute Gasteiger partial charge is 0.0576 e. The zero-order valence-electron chi connectivity index (χ0n) is 7.47. The van der Waals surface area contributed by atoms with E-state index >= 15 is 0 Å². The molecule has 0 aromatic rings. The molecule has 2 atom stereocenters. The van der Waals surface area contributed by atoms with E-state index in [9.17, 15) is 0 Å². The van der Waals surface area contributed by atoms with E-state index in [0.29, 0.717) is 11.5 Å². The predicted octanol–water partition coefficient (Wildman–Crippen LogP) is 2.96. The van der Waals surface area contributed by atoms with Gasteiger partial charge in [0.15, 0.2) is 0 Å². The van der Waals surface area contributed by atoms with E-state index in [1.54, 1.807) is 0 Å². The molecule has 0 bridgehead atoms. The zero-order chi connectivity index (χ0) is 8.39. The van der Waals surface area contributed by atoms with Crippen molar-refractivity contribution in [3.8, 4) is 0 Å². The molecule has 1 aliphatic heterocycles. The summed E-state index contributed by atoms with van der Waals surface area (Å²) in [7, 11) is 0. The maximum atomic E-state index is 6.20. The van der Waals surface area contributed by atoms with Gasteiger partial charge >= 0.3 is 0 Å². The SMILES string of the molecule is ClC(CCC1CCCO1)C1CC1. The molecule has 1 saturated carbocycles. The monoisotopic (exact) mass is 188 g/mol. The molecule has 0 aromatic heterocycles. The molecule has 1 nitrogen and oxygen atoms in total. The maximum absolute atomic E-state index is 6.20. The fraction of sp³-hybridized carbons (Fsp3) is 1.00. The molecule has 0 radical (unpaired) electrons. The highest BCUT2D eigenvalue weighted by Gasteiger charge is 2.30. The van der Waals surface area contributed by atoms with E-state index in [1.165, 1.54) is 32.1 Å². The van der Waals surface area contributed by atoms with Gasteiger partial charge in [-0.2, -0.15) is 0 Å². The lowest BCUT2D eigenvalue weighted by Crippen LogP contribution is -2.09. The van der Waals surface area contributed by atoms with Crippen molar-refractivity contribution < 1.29 is 4.74 Å². The first-order chi connectivity index (χ1) is 5.86. The van der Waals surface area contributed by atoms with Crippen LogP contribution in [0.5, 0.6) is 0 Å². The number of halogens is 1. The number of alkyl halides is 1. The summed E-state index contributed by atoms with van der Waals surface area (Å²) in [5.74, 6) is 0.841. The van der Waals surface area contributed by atoms with Crippen molar-refractivity contribution in [1.29, 1.82) is 0 Å². The van der Waals surface area contributed by atoms with Gasteiger partial charge in [-0.05, 0) is 44.4 Å². The van der Waals surface area contributed by atoms with E-state index in [1.807, 2.05) is 0 Å². The summed E-state index contributed by atoms with van der Waals surface area (Å²) in [6, 6.07) is 0. The van der Waals surface area contributed by atoms with Crippen molar-refractivity contribution in [3.05, 3.63) is 0 Å². The van der Waals surface area contributed by atoms with Crippen LogP contribution in [0.15, 0.2) is 0 Å². The summed E-state index contributed by atoms with van der Waals surface area (Å²) in [6.45, 7) is 0.973. The molecular formula is C10H17ClO. The van der Waals surface area contributed by atoms with Gasteiger partial charge in [0, 0.05) is 12.0 Å². The Labute approximate surface area is 79.4 Å². The summed E-state index contributed by atoms with van der Waals surface area (Å²) in [6.07, 6.45) is 8.11. The first kappa shape index (κ1) is 8.83. The van der Waals surface area contributed by atoms with E-state index < -0.39 is 0 Å². The molecule has 0 N–H and O–H groups in total. The topological polar surface area (TPSA) is 9.23 Å². The fourth-order valence-electron chi connectivity index (χ4n) is 1.91. The Morgan fingerprint density at radius 3 is 2.75 bits per heavy atom. The highest BCUT2D eigenvalue weighted by molar-refractivity contribution is 6.20. The summed E-state index contributed by atoms with van der Waals surface area (Å²) in [5.41, 5.74) is 0. The van der Waals surface area contributed by atoms with Crippen LogP contribution in [0.2, 0.25) is 0 Å². The van der Waals surface area contributed by atoms with Gasteiger partial charge in [-0.15, -0.1) is 11.6 Å². The molecule has 12 heavy (non-hydrogen) atoms. The molecule has 1 aliphatic carbocycles. The van der Waals surface area contributed by atoms with Crippen molar-refractivity contribution in [2.45, 2.75) is 50.0 Å². The fourth-order valence-corrected chi connectivity index (χ4v) is 2.29. The predicted molar refractivity (Wildman–Crippen MR) is 50.6 cm³/mol. The maximum Gasteiger partial charge on any atom is 0.0576 e. The van der Waals surface area contributed by atoms with Crippen LogP contribution in [0.25, 0.3) is 0 Å². The third-order valence-corrected chi connectivity index (χ3v) is 3.50. The lowest BCUT2D eigenvalue weighted by atomic mass is 10.1. The molecule has 2 fully saturated rings. The van der Waals surface area contributed by atoms with Gasteiger partial charge < -0.3 is 4.74 Å². The highest BCUT2D eigenvalue weighted by Crippen LogP contribution is 2.38. The van der Waals surface area contributed by atoms with Crippen LogP contribution in [0.4, 0.5) is 0 Å². The largest absolute Gasteiger partial charge is 0.378 e. The third kappa shape index (κ3) is 2.37. The second-order valence-corrected chi connectivity index (χ2v) is 4.63. The summed E-state index contributed by atoms with van der Waals surface area (Å²) >= 11 is 6.20. The summed E-state index contributed by atoms with van der Waals surface area (Å²) < 4.78 is 5.54. The molecule has 1 saturated heterocycles. The molecule has 1 heterocycles. The average Bonchev–Trinajstić information content (AvgIpc) is 2.80. The normalized spacial score (nSPS) is 32.2. The minimum atomic E-state index is 0.439. The van der Waals surface area contributed by atoms with Crippen molar-refractivity contribution in [1.82, 2.24) is 0 Å². The second kappa shape index (κ2) is 3.97. The Hall–Kier alpha value is 0.250. The highest BCUT2D eigenvalue weighted by atomic mass is 35.5. The lowest BCUT2D eigenvalue weighted by Gasteiger charge is -2.11. The minimum absolute atomic E-state index is 0.439. The van der Waals surface area contributed by atoms with Crippen LogP contribution in [-0.4, -0.2) is 18.1 Å². The molecule has 2 rings (SSSR count). The standard InChI is InChI=1S/C10H17ClO/c11-10(8-3-4-8)6-5-9-2-1-7-12-9/h8-10H,1-7H2. The van der Waals surface area contributed by atoms with Gasteiger partial charge in [-0.1, -0.05) is 0 Å². The van der Waals surface area contributed by atoms with Gasteiger partial charge in [-0.3, -0.25) is 0 Å². The molecular weight excluding hydrogens is 172 g/mol. The van der Waals surface area contributed by atoms with Crippen molar-refractivity contribution in [3.63, 3.8) is 0 Å². The van der Waals surface area contributed by atoms with Crippen molar-refractivity contribution in [2.24, 2.45) is 5.92 Å². The Kier molecular flexibility index (Phi) is 2.92. The van der Waals surface area contributed by atoms with Crippen LogP contribution < -0.4 is 0 Å². The van der Waals surface area contributed by atoms with Gasteiger partial charge in [-0.25, -0.2) is 0 Å². The quantitative estimate of drug-likeness (QED) is 0.617. The number of hydrogen-bond acceptors (Lipinski definition) is 1. The molecule has 2 unspecified atom stereocenters. The Morgan fingerprint density at radius 1 is 1.33 bits per heavy atom. The van der Waals surface area contributed by atoms with E-state index in [4.69, 9.17) is 16.3 Å². The van der Waals surface area contributed by atoms with Crippen LogP contribution in [0.1, 0.15) is 38.5 Å². The second-order valence-electron chi connectivity index (χ2n) is 4.07. The first-order valence-corrected chi connectivity index (χ1v) is 5.55. The molecule has 0 spiro atoms. The van der Waals surface area contributed by atoms with Crippen molar-refractivity contribution >= 4 is 11.6 Å². The Bertz CT molecular complexity index is 137. The van der Waals surface area contributed by atoms with E-state index in [0.717, 1.165) is 18.9 Å². The van der Waals surface area contributed by atoms with E-state index in [-0.39, 0.29) is 0 Å². The molecule has 2 aliphatic rings. The number of ether oxygens (including phenoxy) is 1. The van der Waals surface area contributed by atoms with Gasteiger partial charge in [0.1, 0.15) is 0 Å². The van der Waals surface area contributed by atoms with Crippen LogP contribution >= 0.6 is 11.6 Å². The van der Waals surface area contributed by atoms with E-state index in [2.05, 4.69) is 0 Å². The Balaban J connectivity index is 1.60. The van der Waals surface area contributed by atoms with Crippen LogP contribution in [0, 0.1) is 5.92 Å². The number of rotatable bonds is 4. The third-order valence-electron chi connectivity index (χ3n) is 2.92. The molecule has 70 valence electrons. The molecule has 0 amide bonds. The molecule has 0 aromatic carbocycles. The van der Waals surface area contributed by atoms with Crippen molar-refractivity contribution in [2.75, 3.05) is 6.61 Å². The summed E-state index contributed by atoms with van der Waals surface area (Å²) in [4.78, 5) is 0. The summed E-state index contributed by atoms with van der Waals surface area (Å²) in [5, 5.41) is 0.439. The van der Waals surface area contributed by atoms with Crippen LogP contribution in [-0.2, 0) is 4.74 Å². The van der Waals surface area contributed by atoms with Gasteiger partial charge in [0.2, 0.25) is 0 Å². The van der Waals surface area contributed by atoms with Gasteiger partial charge in [0.05, 0.1) is 6.10 Å². The van der Waals surface area contributed by atoms with Crippen LogP contribution in [0.3, 0.4) is 0 Å². The Morgan fingerprint density at radius 2 is 2.17 bits per heavy atom. The minimum Gasteiger partial charge on any atom is -0.378 e. The molecule has 2 heteroatoms.